The maximum atomic E-state index is 13.7. The number of hydrogen-bond donors (Lipinski definition) is 1. The van der Waals surface area contributed by atoms with Gasteiger partial charge in [0.2, 0.25) is 0 Å². The first-order valence-electron chi connectivity index (χ1n) is 5.70. The molecule has 0 radical (unpaired) electrons. The Morgan fingerprint density at radius 1 is 0.682 bits per heavy atom. The second-order valence-corrected chi connectivity index (χ2v) is 4.86. The predicted octanol–water partition coefficient (Wildman–Crippen LogP) is 3.98. The van der Waals surface area contributed by atoms with Crippen molar-refractivity contribution in [3.63, 3.8) is 0 Å². The molecule has 0 amide bonds. The van der Waals surface area contributed by atoms with Gasteiger partial charge in [-0.1, -0.05) is 30.3 Å². The summed E-state index contributed by atoms with van der Waals surface area (Å²) in [6, 6.07) is 3.91. The lowest BCUT2D eigenvalue weighted by Crippen LogP contribution is -2.78. The summed E-state index contributed by atoms with van der Waals surface area (Å²) in [4.78, 5) is 0. The van der Waals surface area contributed by atoms with E-state index in [1.54, 1.807) is 0 Å². The van der Waals surface area contributed by atoms with Crippen molar-refractivity contribution in [2.24, 2.45) is 0 Å². The summed E-state index contributed by atoms with van der Waals surface area (Å²) in [5, 5.41) is 8.44. The highest BCUT2D eigenvalue weighted by atomic mass is 19.3. The second kappa shape index (κ2) is 4.30. The van der Waals surface area contributed by atoms with E-state index in [-0.39, 0.29) is 0 Å². The van der Waals surface area contributed by atoms with Crippen LogP contribution in [0.2, 0.25) is 0 Å². The normalized spacial score (nSPS) is 35.1. The van der Waals surface area contributed by atoms with Crippen molar-refractivity contribution in [2.45, 2.75) is 35.5 Å². The van der Waals surface area contributed by atoms with Gasteiger partial charge in [-0.2, -0.15) is 39.5 Å². The highest BCUT2D eigenvalue weighted by molar-refractivity contribution is 5.33. The number of rotatable bonds is 1. The molecule has 0 heterocycles. The van der Waals surface area contributed by atoms with Crippen molar-refractivity contribution < 1.29 is 44.6 Å². The molecule has 0 atom stereocenters. The molecule has 1 N–H and O–H groups in total. The Balaban J connectivity index is 2.78. The molecule has 2 rings (SSSR count). The molecule has 1 aliphatic rings. The van der Waals surface area contributed by atoms with Gasteiger partial charge in [-0.05, 0) is 5.56 Å². The van der Waals surface area contributed by atoms with E-state index in [9.17, 15) is 39.5 Å². The maximum absolute atomic E-state index is 13.7. The number of benzene rings is 1. The zero-order valence-electron chi connectivity index (χ0n) is 10.3. The van der Waals surface area contributed by atoms with Crippen LogP contribution in [-0.2, 0) is 0 Å². The van der Waals surface area contributed by atoms with E-state index in [1.807, 2.05) is 0 Å². The van der Waals surface area contributed by atoms with E-state index in [1.165, 1.54) is 0 Å². The van der Waals surface area contributed by atoms with E-state index in [2.05, 4.69) is 0 Å². The third-order valence-electron chi connectivity index (χ3n) is 3.53. The molecule has 1 aromatic carbocycles. The fraction of sp³-hybridized carbons (Fsp3) is 0.500. The van der Waals surface area contributed by atoms with Crippen LogP contribution in [0.1, 0.15) is 11.5 Å². The summed E-state index contributed by atoms with van der Waals surface area (Å²) in [6.45, 7) is 0. The molecule has 0 unspecified atom stereocenters. The summed E-state index contributed by atoms with van der Waals surface area (Å²) >= 11 is 0. The molecular weight excluding hydrogens is 331 g/mol. The minimum atomic E-state index is -6.44. The molecule has 0 aromatic heterocycles. The minimum absolute atomic E-state index is 0.501. The third kappa shape index (κ3) is 1.67. The van der Waals surface area contributed by atoms with E-state index in [0.717, 1.165) is 18.2 Å². The fourth-order valence-corrected chi connectivity index (χ4v) is 2.29. The van der Waals surface area contributed by atoms with Crippen molar-refractivity contribution in [2.75, 3.05) is 0 Å². The van der Waals surface area contributed by atoms with Gasteiger partial charge in [0.15, 0.2) is 0 Å². The Kier molecular flexibility index (Phi) is 3.31. The Labute approximate surface area is 117 Å². The van der Waals surface area contributed by atoms with Gasteiger partial charge in [-0.3, -0.25) is 0 Å². The van der Waals surface area contributed by atoms with Gasteiger partial charge in [0.1, 0.15) is 5.92 Å². The number of aliphatic hydroxyl groups is 1. The van der Waals surface area contributed by atoms with Crippen molar-refractivity contribution in [3.05, 3.63) is 35.9 Å². The van der Waals surface area contributed by atoms with Crippen molar-refractivity contribution in [3.8, 4) is 0 Å². The van der Waals surface area contributed by atoms with Crippen LogP contribution in [-0.4, -0.2) is 34.7 Å². The van der Waals surface area contributed by atoms with Gasteiger partial charge in [-0.25, -0.2) is 0 Å². The molecule has 10 heteroatoms. The van der Waals surface area contributed by atoms with E-state index in [0.29, 0.717) is 12.1 Å². The SMILES string of the molecule is OC1(F)C(F)(F)C(F)(F)C(c2ccccc2)C(F)(F)C1(F)F. The highest BCUT2D eigenvalue weighted by Crippen LogP contribution is 2.67. The molecule has 124 valence electrons. The largest absolute Gasteiger partial charge is 0.374 e. The Hall–Kier alpha value is -1.45. The van der Waals surface area contributed by atoms with Crippen LogP contribution in [0.5, 0.6) is 0 Å². The molecule has 1 aromatic rings. The summed E-state index contributed by atoms with van der Waals surface area (Å²) in [5.74, 6) is -35.3. The van der Waals surface area contributed by atoms with E-state index >= 15 is 0 Å². The molecule has 0 bridgehead atoms. The predicted molar refractivity (Wildman–Crippen MR) is 55.0 cm³/mol. The molecular formula is C12H7F9O. The molecule has 1 nitrogen and oxygen atoms in total. The van der Waals surface area contributed by atoms with Crippen molar-refractivity contribution in [1.82, 2.24) is 0 Å². The fourth-order valence-electron chi connectivity index (χ4n) is 2.29. The minimum Gasteiger partial charge on any atom is -0.352 e. The van der Waals surface area contributed by atoms with Crippen LogP contribution >= 0.6 is 0 Å². The average molecular weight is 338 g/mol. The van der Waals surface area contributed by atoms with Crippen molar-refractivity contribution in [1.29, 1.82) is 0 Å². The first-order chi connectivity index (χ1) is 9.73. The number of hydrogen-bond acceptors (Lipinski definition) is 1. The van der Waals surface area contributed by atoms with Crippen LogP contribution in [0.4, 0.5) is 39.5 Å². The van der Waals surface area contributed by atoms with Gasteiger partial charge in [-0.15, -0.1) is 0 Å². The first kappa shape index (κ1) is 16.9. The lowest BCUT2D eigenvalue weighted by atomic mass is 9.71. The zero-order chi connectivity index (χ0) is 17.2. The molecule has 0 saturated heterocycles. The Morgan fingerprint density at radius 2 is 1.05 bits per heavy atom. The summed E-state index contributed by atoms with van der Waals surface area (Å²) in [6.07, 6.45) is 0. The van der Waals surface area contributed by atoms with Crippen molar-refractivity contribution >= 4 is 0 Å². The molecule has 0 spiro atoms. The standard InChI is InChI=1S/C12H7F9O/c13-8(14)7(6-4-2-1-3-5-6)9(15,16)11(19,20)12(21,22)10(8,17)18/h1-5,7,22H. The third-order valence-corrected chi connectivity index (χ3v) is 3.53. The number of alkyl halides is 9. The lowest BCUT2D eigenvalue weighted by Gasteiger charge is -2.50. The number of halogens is 9. The molecule has 1 fully saturated rings. The van der Waals surface area contributed by atoms with Gasteiger partial charge in [0.25, 0.3) is 0 Å². The van der Waals surface area contributed by atoms with Crippen LogP contribution in [0.25, 0.3) is 0 Å². The van der Waals surface area contributed by atoms with Gasteiger partial charge < -0.3 is 5.11 Å². The summed E-state index contributed by atoms with van der Waals surface area (Å²) in [5.41, 5.74) is -1.24. The maximum Gasteiger partial charge on any atom is 0.374 e. The van der Waals surface area contributed by atoms with Gasteiger partial charge in [0, 0.05) is 0 Å². The lowest BCUT2D eigenvalue weighted by molar-refractivity contribution is -0.470. The molecule has 0 aliphatic heterocycles. The smallest absolute Gasteiger partial charge is 0.352 e. The molecule has 22 heavy (non-hydrogen) atoms. The monoisotopic (exact) mass is 338 g/mol. The van der Waals surface area contributed by atoms with Crippen LogP contribution in [0.3, 0.4) is 0 Å². The zero-order valence-corrected chi connectivity index (χ0v) is 10.3. The second-order valence-electron chi connectivity index (χ2n) is 4.86. The Morgan fingerprint density at radius 3 is 1.41 bits per heavy atom. The van der Waals surface area contributed by atoms with Gasteiger partial charge >= 0.3 is 29.5 Å². The first-order valence-corrected chi connectivity index (χ1v) is 5.70. The average Bonchev–Trinajstić information content (AvgIpc) is 2.37. The van der Waals surface area contributed by atoms with Crippen LogP contribution in [0, 0.1) is 0 Å². The summed E-state index contributed by atoms with van der Waals surface area (Å²) < 4.78 is 121. The quantitative estimate of drug-likeness (QED) is 0.768. The molecule has 1 saturated carbocycles. The molecule has 1 aliphatic carbocycles. The highest BCUT2D eigenvalue weighted by Gasteiger charge is 2.94. The van der Waals surface area contributed by atoms with Crippen LogP contribution < -0.4 is 0 Å². The Bertz CT molecular complexity index is 537. The van der Waals surface area contributed by atoms with E-state index in [4.69, 9.17) is 5.11 Å². The van der Waals surface area contributed by atoms with Crippen LogP contribution in [0.15, 0.2) is 30.3 Å². The van der Waals surface area contributed by atoms with Gasteiger partial charge in [0.05, 0.1) is 0 Å². The van der Waals surface area contributed by atoms with E-state index < -0.39 is 41.0 Å². The summed E-state index contributed by atoms with van der Waals surface area (Å²) in [7, 11) is 0. The topological polar surface area (TPSA) is 20.2 Å².